The minimum Gasteiger partial charge on any atom is -0.352 e. The second kappa shape index (κ2) is 11.2. The Balaban J connectivity index is 1.81. The minimum absolute atomic E-state index is 0.104. The number of nitrogens with one attached hydrogen (secondary N) is 1. The van der Waals surface area contributed by atoms with Gasteiger partial charge in [0.1, 0.15) is 6.04 Å². The first-order chi connectivity index (χ1) is 15.2. The van der Waals surface area contributed by atoms with E-state index < -0.39 is 6.04 Å². The van der Waals surface area contributed by atoms with Gasteiger partial charge in [0.2, 0.25) is 11.8 Å². The van der Waals surface area contributed by atoms with Crippen molar-refractivity contribution in [3.05, 3.63) is 68.7 Å². The molecule has 0 radical (unpaired) electrons. The van der Waals surface area contributed by atoms with Crippen molar-refractivity contribution in [1.29, 1.82) is 0 Å². The van der Waals surface area contributed by atoms with Crippen molar-refractivity contribution in [2.24, 2.45) is 0 Å². The summed E-state index contributed by atoms with van der Waals surface area (Å²) in [5, 5.41) is 4.18. The highest BCUT2D eigenvalue weighted by atomic mass is 35.5. The van der Waals surface area contributed by atoms with Gasteiger partial charge >= 0.3 is 0 Å². The lowest BCUT2D eigenvalue weighted by Crippen LogP contribution is -2.50. The molecule has 0 heterocycles. The van der Waals surface area contributed by atoms with Crippen molar-refractivity contribution < 1.29 is 9.59 Å². The van der Waals surface area contributed by atoms with Gasteiger partial charge in [-0.3, -0.25) is 9.59 Å². The molecule has 3 rings (SSSR count). The molecule has 0 aliphatic heterocycles. The molecule has 1 N–H and O–H groups in total. The maximum Gasteiger partial charge on any atom is 0.242 e. The molecule has 0 spiro atoms. The van der Waals surface area contributed by atoms with Gasteiger partial charge in [0.15, 0.2) is 0 Å². The number of benzene rings is 2. The maximum absolute atomic E-state index is 13.4. The molecule has 1 aliphatic carbocycles. The summed E-state index contributed by atoms with van der Waals surface area (Å²) in [6.07, 6.45) is 5.71. The van der Waals surface area contributed by atoms with Gasteiger partial charge in [-0.1, -0.05) is 77.9 Å². The average molecular weight is 475 g/mol. The highest BCUT2D eigenvalue weighted by Gasteiger charge is 2.28. The van der Waals surface area contributed by atoms with Crippen molar-refractivity contribution >= 4 is 35.0 Å². The van der Waals surface area contributed by atoms with Crippen LogP contribution in [0.4, 0.5) is 0 Å². The zero-order valence-electron chi connectivity index (χ0n) is 19.1. The zero-order valence-corrected chi connectivity index (χ0v) is 20.6. The molecule has 1 saturated carbocycles. The highest BCUT2D eigenvalue weighted by Crippen LogP contribution is 2.24. The summed E-state index contributed by atoms with van der Waals surface area (Å²) in [4.78, 5) is 28.2. The number of amides is 2. The molecule has 2 amide bonds. The molecule has 0 unspecified atom stereocenters. The molecule has 2 aromatic rings. The van der Waals surface area contributed by atoms with Crippen LogP contribution in [-0.2, 0) is 22.6 Å². The van der Waals surface area contributed by atoms with Crippen molar-refractivity contribution in [1.82, 2.24) is 10.2 Å². The summed E-state index contributed by atoms with van der Waals surface area (Å²) in [5.74, 6) is -0.219. The molecule has 2 aromatic carbocycles. The van der Waals surface area contributed by atoms with Crippen molar-refractivity contribution in [3.63, 3.8) is 0 Å². The summed E-state index contributed by atoms with van der Waals surface area (Å²) in [7, 11) is 0. The van der Waals surface area contributed by atoms with Crippen LogP contribution in [0, 0.1) is 13.8 Å². The largest absolute Gasteiger partial charge is 0.352 e. The number of hydrogen-bond acceptors (Lipinski definition) is 2. The van der Waals surface area contributed by atoms with Gasteiger partial charge in [0.25, 0.3) is 0 Å². The standard InChI is InChI=1S/C26H32Cl2N2O2/c1-17-11-18(2)13-20(12-17)14-25(31)30(16-21-9-10-22(27)15-24(21)28)19(3)26(32)29-23-7-5-4-6-8-23/h9-13,15,19,23H,4-8,14,16H2,1-3H3,(H,29,32)/t19-/m1/s1. The van der Waals surface area contributed by atoms with Gasteiger partial charge in [-0.15, -0.1) is 0 Å². The Kier molecular flexibility index (Phi) is 8.61. The summed E-state index contributed by atoms with van der Waals surface area (Å²) in [6.45, 7) is 6.08. The third kappa shape index (κ3) is 6.73. The van der Waals surface area contributed by atoms with E-state index >= 15 is 0 Å². The molecule has 1 aliphatic rings. The van der Waals surface area contributed by atoms with Crippen LogP contribution in [0.25, 0.3) is 0 Å². The van der Waals surface area contributed by atoms with E-state index in [0.717, 1.165) is 47.9 Å². The predicted molar refractivity (Wildman–Crippen MR) is 131 cm³/mol. The SMILES string of the molecule is Cc1cc(C)cc(CC(=O)N(Cc2ccc(Cl)cc2Cl)[C@H](C)C(=O)NC2CCCCC2)c1. The molecule has 6 heteroatoms. The second-order valence-corrected chi connectivity index (χ2v) is 9.79. The summed E-state index contributed by atoms with van der Waals surface area (Å²) < 4.78 is 0. The Morgan fingerprint density at radius 3 is 2.31 bits per heavy atom. The summed E-state index contributed by atoms with van der Waals surface area (Å²) in [5.41, 5.74) is 3.94. The Hall–Kier alpha value is -2.04. The van der Waals surface area contributed by atoms with E-state index in [1.165, 1.54) is 6.42 Å². The topological polar surface area (TPSA) is 49.4 Å². The number of rotatable bonds is 7. The molecular weight excluding hydrogens is 443 g/mol. The van der Waals surface area contributed by atoms with Gasteiger partial charge in [-0.05, 0) is 56.9 Å². The molecule has 0 bridgehead atoms. The first-order valence-electron chi connectivity index (χ1n) is 11.3. The summed E-state index contributed by atoms with van der Waals surface area (Å²) >= 11 is 12.4. The minimum atomic E-state index is -0.609. The van der Waals surface area contributed by atoms with Gasteiger partial charge < -0.3 is 10.2 Å². The van der Waals surface area contributed by atoms with E-state index in [1.54, 1.807) is 24.0 Å². The number of carbonyl (C=O) groups is 2. The molecule has 1 fully saturated rings. The van der Waals surface area contributed by atoms with Crippen LogP contribution >= 0.6 is 23.2 Å². The molecular formula is C26H32Cl2N2O2. The monoisotopic (exact) mass is 474 g/mol. The number of carbonyl (C=O) groups excluding carboxylic acids is 2. The van der Waals surface area contributed by atoms with Crippen LogP contribution in [-0.4, -0.2) is 28.8 Å². The first-order valence-corrected chi connectivity index (χ1v) is 12.1. The second-order valence-electron chi connectivity index (χ2n) is 8.95. The lowest BCUT2D eigenvalue weighted by atomic mass is 9.95. The molecule has 4 nitrogen and oxygen atoms in total. The van der Waals surface area contributed by atoms with Gasteiger partial charge in [-0.25, -0.2) is 0 Å². The lowest BCUT2D eigenvalue weighted by Gasteiger charge is -2.31. The molecule has 0 aromatic heterocycles. The van der Waals surface area contributed by atoms with E-state index in [0.29, 0.717) is 10.0 Å². The first kappa shape index (κ1) is 24.6. The van der Waals surface area contributed by atoms with Crippen molar-refractivity contribution in [3.8, 4) is 0 Å². The van der Waals surface area contributed by atoms with E-state index in [2.05, 4.69) is 11.4 Å². The van der Waals surface area contributed by atoms with Crippen molar-refractivity contribution in [2.45, 2.75) is 77.9 Å². The quantitative estimate of drug-likeness (QED) is 0.533. The number of nitrogens with zero attached hydrogens (tertiary/aromatic N) is 1. The van der Waals surface area contributed by atoms with Crippen molar-refractivity contribution in [2.75, 3.05) is 0 Å². The van der Waals surface area contributed by atoms with Crippen LogP contribution in [0.2, 0.25) is 10.0 Å². The van der Waals surface area contributed by atoms with Crippen LogP contribution in [0.3, 0.4) is 0 Å². The fourth-order valence-corrected chi connectivity index (χ4v) is 4.90. The Labute approximate surface area is 201 Å². The number of halogens is 2. The number of hydrogen-bond donors (Lipinski definition) is 1. The molecule has 0 saturated heterocycles. The lowest BCUT2D eigenvalue weighted by molar-refractivity contribution is -0.140. The van der Waals surface area contributed by atoms with E-state index in [1.807, 2.05) is 32.0 Å². The van der Waals surface area contributed by atoms with E-state index in [4.69, 9.17) is 23.2 Å². The highest BCUT2D eigenvalue weighted by molar-refractivity contribution is 6.35. The van der Waals surface area contributed by atoms with Crippen LogP contribution in [0.15, 0.2) is 36.4 Å². The molecule has 172 valence electrons. The van der Waals surface area contributed by atoms with Crippen LogP contribution in [0.1, 0.15) is 61.3 Å². The van der Waals surface area contributed by atoms with E-state index in [-0.39, 0.29) is 30.8 Å². The number of aryl methyl sites for hydroxylation is 2. The van der Waals surface area contributed by atoms with Gasteiger partial charge in [0.05, 0.1) is 6.42 Å². The normalized spacial score (nSPS) is 15.3. The Morgan fingerprint density at radius 1 is 1.03 bits per heavy atom. The third-order valence-corrected chi connectivity index (χ3v) is 6.70. The van der Waals surface area contributed by atoms with E-state index in [9.17, 15) is 9.59 Å². The maximum atomic E-state index is 13.4. The smallest absolute Gasteiger partial charge is 0.242 e. The third-order valence-electron chi connectivity index (χ3n) is 6.11. The van der Waals surface area contributed by atoms with Crippen LogP contribution < -0.4 is 5.32 Å². The predicted octanol–water partition coefficient (Wildman–Crippen LogP) is 6.02. The Bertz CT molecular complexity index is 950. The van der Waals surface area contributed by atoms with Gasteiger partial charge in [-0.2, -0.15) is 0 Å². The summed E-state index contributed by atoms with van der Waals surface area (Å²) in [6, 6.07) is 10.9. The van der Waals surface area contributed by atoms with Gasteiger partial charge in [0, 0.05) is 22.6 Å². The molecule has 1 atom stereocenters. The fourth-order valence-electron chi connectivity index (χ4n) is 4.43. The fraction of sp³-hybridized carbons (Fsp3) is 0.462. The zero-order chi connectivity index (χ0) is 23.3. The Morgan fingerprint density at radius 2 is 1.69 bits per heavy atom. The average Bonchev–Trinajstić information content (AvgIpc) is 2.72. The van der Waals surface area contributed by atoms with Crippen LogP contribution in [0.5, 0.6) is 0 Å². The molecule has 32 heavy (non-hydrogen) atoms.